The van der Waals surface area contributed by atoms with Crippen LogP contribution in [-0.2, 0) is 6.42 Å². The first-order chi connectivity index (χ1) is 8.49. The zero-order valence-electron chi connectivity index (χ0n) is 9.29. The third-order valence-electron chi connectivity index (χ3n) is 2.68. The number of carbonyl (C=O) groups excluding carboxylic acids is 1. The summed E-state index contributed by atoms with van der Waals surface area (Å²) in [6.07, 6.45) is 0.251. The predicted octanol–water partition coefficient (Wildman–Crippen LogP) is -0.624. The number of para-hydroxylation sites is 1. The van der Waals surface area contributed by atoms with Gasteiger partial charge in [-0.15, -0.1) is 0 Å². The molecule has 8 heteroatoms. The molecule has 2 rings (SSSR count). The minimum absolute atomic E-state index is 0.0240. The first kappa shape index (κ1) is 12.2. The summed E-state index contributed by atoms with van der Waals surface area (Å²) < 4.78 is 5.14. The van der Waals surface area contributed by atoms with Crippen LogP contribution < -0.4 is 15.7 Å². The van der Waals surface area contributed by atoms with E-state index >= 15 is 0 Å². The maximum absolute atomic E-state index is 11.0. The molecule has 1 aliphatic rings. The summed E-state index contributed by atoms with van der Waals surface area (Å²) in [5, 5.41) is 21.0. The Morgan fingerprint density at radius 3 is 2.83 bits per heavy atom. The second kappa shape index (κ2) is 4.57. The van der Waals surface area contributed by atoms with Gasteiger partial charge >= 0.3 is 19.1 Å². The molecule has 5 N–H and O–H groups in total. The first-order valence-corrected chi connectivity index (χ1v) is 5.25. The largest absolute Gasteiger partial charge is 0.547 e. The Kier molecular flexibility index (Phi) is 3.11. The number of benzene rings is 1. The minimum atomic E-state index is -1.33. The zero-order chi connectivity index (χ0) is 13.3. The van der Waals surface area contributed by atoms with Crippen LogP contribution in [0.2, 0.25) is 0 Å². The quantitative estimate of drug-likeness (QED) is 0.521. The molecule has 0 radical (unpaired) electrons. The van der Waals surface area contributed by atoms with E-state index in [1.54, 1.807) is 12.1 Å². The van der Waals surface area contributed by atoms with Crippen LogP contribution in [0.25, 0.3) is 0 Å². The van der Waals surface area contributed by atoms with Crippen molar-refractivity contribution < 1.29 is 24.4 Å². The number of carbonyl (C=O) groups is 2. The van der Waals surface area contributed by atoms with Gasteiger partial charge in [-0.25, -0.2) is 9.59 Å². The zero-order valence-corrected chi connectivity index (χ0v) is 9.29. The van der Waals surface area contributed by atoms with E-state index in [1.807, 2.05) is 0 Å². The van der Waals surface area contributed by atoms with Crippen LogP contribution in [0.1, 0.15) is 15.9 Å². The van der Waals surface area contributed by atoms with Crippen LogP contribution in [0.5, 0.6) is 5.75 Å². The maximum atomic E-state index is 11.0. The fraction of sp³-hybridized carbons (Fsp3) is 0.200. The summed E-state index contributed by atoms with van der Waals surface area (Å²) in [6, 6.07) is 3.85. The Hall–Kier alpha value is -2.22. The molecular weight excluding hydrogens is 239 g/mol. The summed E-state index contributed by atoms with van der Waals surface area (Å²) in [4.78, 5) is 21.7. The molecule has 0 bridgehead atoms. The highest BCUT2D eigenvalue weighted by atomic mass is 16.5. The molecular formula is C10H11BN2O5. The number of rotatable bonds is 2. The van der Waals surface area contributed by atoms with Gasteiger partial charge in [-0.2, -0.15) is 0 Å². The summed E-state index contributed by atoms with van der Waals surface area (Å²) in [6.45, 7) is 0. The molecule has 2 amide bonds. The van der Waals surface area contributed by atoms with Gasteiger partial charge in [-0.3, -0.25) is 0 Å². The summed E-state index contributed by atoms with van der Waals surface area (Å²) in [5.41, 5.74) is 5.55. The van der Waals surface area contributed by atoms with Crippen molar-refractivity contribution in [2.45, 2.75) is 12.4 Å². The van der Waals surface area contributed by atoms with Gasteiger partial charge in [0.1, 0.15) is 5.75 Å². The molecule has 1 aliphatic heterocycles. The van der Waals surface area contributed by atoms with Gasteiger partial charge in [0.05, 0.1) is 11.5 Å². The molecule has 0 fully saturated rings. The van der Waals surface area contributed by atoms with Gasteiger partial charge in [-0.05, 0) is 18.1 Å². The third kappa shape index (κ3) is 2.23. The van der Waals surface area contributed by atoms with Crippen LogP contribution in [0, 0.1) is 0 Å². The molecule has 1 atom stereocenters. The van der Waals surface area contributed by atoms with Gasteiger partial charge in [0, 0.05) is 0 Å². The van der Waals surface area contributed by atoms with Crippen molar-refractivity contribution in [3.8, 4) is 5.75 Å². The molecule has 1 heterocycles. The molecule has 0 aromatic heterocycles. The Balaban J connectivity index is 2.33. The van der Waals surface area contributed by atoms with E-state index < -0.39 is 25.1 Å². The lowest BCUT2D eigenvalue weighted by molar-refractivity contribution is 0.0694. The van der Waals surface area contributed by atoms with Crippen LogP contribution in [0.4, 0.5) is 4.79 Å². The maximum Gasteiger partial charge on any atom is 0.547 e. The number of nitrogens with two attached hydrogens (primary N) is 1. The van der Waals surface area contributed by atoms with Crippen LogP contribution in [0.15, 0.2) is 18.2 Å². The summed E-state index contributed by atoms with van der Waals surface area (Å²) in [7, 11) is -1.33. The Bertz CT molecular complexity index is 507. The molecule has 1 aromatic carbocycles. The van der Waals surface area contributed by atoms with Crippen molar-refractivity contribution >= 4 is 19.1 Å². The first-order valence-electron chi connectivity index (χ1n) is 5.25. The molecule has 18 heavy (non-hydrogen) atoms. The SMILES string of the molecule is NC(=O)NC1Cc2cccc(C(=O)O)c2OB1O. The molecule has 7 nitrogen and oxygen atoms in total. The number of hydrogen-bond donors (Lipinski definition) is 4. The number of urea groups is 1. The average Bonchev–Trinajstić information content (AvgIpc) is 2.28. The van der Waals surface area contributed by atoms with E-state index in [9.17, 15) is 14.6 Å². The molecule has 0 aliphatic carbocycles. The lowest BCUT2D eigenvalue weighted by Gasteiger charge is -2.28. The van der Waals surface area contributed by atoms with Crippen LogP contribution in [0.3, 0.4) is 0 Å². The summed E-state index contributed by atoms with van der Waals surface area (Å²) in [5.74, 6) is -1.71. The van der Waals surface area contributed by atoms with Crippen LogP contribution >= 0.6 is 0 Å². The fourth-order valence-corrected chi connectivity index (χ4v) is 1.90. The summed E-state index contributed by atoms with van der Waals surface area (Å²) >= 11 is 0. The van der Waals surface area contributed by atoms with Gasteiger partial charge in [0.2, 0.25) is 0 Å². The molecule has 1 aromatic rings. The fourth-order valence-electron chi connectivity index (χ4n) is 1.90. The van der Waals surface area contributed by atoms with E-state index in [0.717, 1.165) is 0 Å². The van der Waals surface area contributed by atoms with Gasteiger partial charge in [0.25, 0.3) is 0 Å². The molecule has 94 valence electrons. The second-order valence-electron chi connectivity index (χ2n) is 3.93. The van der Waals surface area contributed by atoms with E-state index in [0.29, 0.717) is 5.56 Å². The van der Waals surface area contributed by atoms with Gasteiger partial charge in [-0.1, -0.05) is 12.1 Å². The highest BCUT2D eigenvalue weighted by Crippen LogP contribution is 2.29. The number of primary amides is 1. The molecule has 0 spiro atoms. The van der Waals surface area contributed by atoms with E-state index in [4.69, 9.17) is 15.5 Å². The van der Waals surface area contributed by atoms with E-state index in [-0.39, 0.29) is 17.7 Å². The normalized spacial score (nSPS) is 17.6. The number of aromatic carboxylic acids is 1. The number of carboxylic acid groups (broad SMARTS) is 1. The number of nitrogens with one attached hydrogen (secondary N) is 1. The Morgan fingerprint density at radius 1 is 1.50 bits per heavy atom. The molecule has 0 saturated carbocycles. The smallest absolute Gasteiger partial charge is 0.534 e. The van der Waals surface area contributed by atoms with Crippen molar-refractivity contribution in [3.05, 3.63) is 29.3 Å². The minimum Gasteiger partial charge on any atom is -0.534 e. The topological polar surface area (TPSA) is 122 Å². The Morgan fingerprint density at radius 2 is 2.22 bits per heavy atom. The highest BCUT2D eigenvalue weighted by molar-refractivity contribution is 6.47. The number of fused-ring (bicyclic) bond motifs is 1. The number of hydrogen-bond acceptors (Lipinski definition) is 4. The lowest BCUT2D eigenvalue weighted by atomic mass is 9.72. The van der Waals surface area contributed by atoms with Crippen LogP contribution in [-0.4, -0.2) is 35.2 Å². The van der Waals surface area contributed by atoms with Gasteiger partial charge < -0.3 is 25.8 Å². The van der Waals surface area contributed by atoms with Crippen molar-refractivity contribution in [1.82, 2.24) is 5.32 Å². The standard InChI is InChI=1S/C10H11BN2O5/c12-10(16)13-7-4-5-2-1-3-6(9(14)15)8(5)18-11(7)17/h1-3,7,17H,4H2,(H,14,15)(H3,12,13,16). The van der Waals surface area contributed by atoms with Crippen molar-refractivity contribution in [1.29, 1.82) is 0 Å². The molecule has 0 saturated heterocycles. The van der Waals surface area contributed by atoms with E-state index in [2.05, 4.69) is 5.32 Å². The lowest BCUT2D eigenvalue weighted by Crippen LogP contribution is -2.54. The Labute approximate surface area is 103 Å². The van der Waals surface area contributed by atoms with Crippen molar-refractivity contribution in [3.63, 3.8) is 0 Å². The van der Waals surface area contributed by atoms with Crippen molar-refractivity contribution in [2.24, 2.45) is 5.73 Å². The van der Waals surface area contributed by atoms with E-state index in [1.165, 1.54) is 6.07 Å². The monoisotopic (exact) mass is 250 g/mol. The average molecular weight is 250 g/mol. The highest BCUT2D eigenvalue weighted by Gasteiger charge is 2.37. The number of carboxylic acids is 1. The van der Waals surface area contributed by atoms with Crippen molar-refractivity contribution in [2.75, 3.05) is 0 Å². The van der Waals surface area contributed by atoms with Gasteiger partial charge in [0.15, 0.2) is 0 Å². The molecule has 1 unspecified atom stereocenters. The number of amides is 2. The second-order valence-corrected chi connectivity index (χ2v) is 3.93. The predicted molar refractivity (Wildman–Crippen MR) is 62.2 cm³/mol. The third-order valence-corrected chi connectivity index (χ3v) is 2.68.